The molecule has 0 saturated heterocycles. The van der Waals surface area contributed by atoms with E-state index in [9.17, 15) is 0 Å². The third kappa shape index (κ3) is 4.87. The normalized spacial score (nSPS) is 12.7. The van der Waals surface area contributed by atoms with Gasteiger partial charge in [-0.2, -0.15) is 0 Å². The van der Waals surface area contributed by atoms with Gasteiger partial charge in [0.05, 0.1) is 0 Å². The van der Waals surface area contributed by atoms with Crippen LogP contribution < -0.4 is 0 Å². The second-order valence-electron chi connectivity index (χ2n) is 2.88. The van der Waals surface area contributed by atoms with E-state index < -0.39 is 0 Å². The molecule has 0 aliphatic carbocycles. The highest BCUT2D eigenvalue weighted by Gasteiger charge is 2.17. The molecule has 1 nitrogen and oxygen atoms in total. The third-order valence-corrected chi connectivity index (χ3v) is 4.47. The Balaban J connectivity index is 3.58. The fourth-order valence-corrected chi connectivity index (χ4v) is 2.85. The van der Waals surface area contributed by atoms with Crippen molar-refractivity contribution in [3.05, 3.63) is 0 Å². The van der Waals surface area contributed by atoms with Gasteiger partial charge >= 0.3 is 0 Å². The fraction of sp³-hybridized carbons (Fsp3) is 1.00. The molecule has 3 heteroatoms. The predicted octanol–water partition coefficient (Wildman–Crippen LogP) is 1.08. The summed E-state index contributed by atoms with van der Waals surface area (Å²) in [5, 5.41) is 0. The minimum atomic E-state index is 0.545. The molecule has 0 rings (SSSR count). The van der Waals surface area contributed by atoms with E-state index in [1.807, 2.05) is 0 Å². The van der Waals surface area contributed by atoms with Gasteiger partial charge in [-0.15, -0.1) is 0 Å². The van der Waals surface area contributed by atoms with Crippen LogP contribution in [0.5, 0.6) is 0 Å². The summed E-state index contributed by atoms with van der Waals surface area (Å²) in [6.45, 7) is 6.92. The van der Waals surface area contributed by atoms with Crippen LogP contribution in [0.4, 0.5) is 0 Å². The van der Waals surface area contributed by atoms with E-state index >= 15 is 0 Å². The van der Waals surface area contributed by atoms with Gasteiger partial charge in [0.1, 0.15) is 9.68 Å². The Hall–Kier alpha value is 0.394. The Bertz CT molecular complexity index is 81.1. The predicted molar refractivity (Wildman–Crippen MR) is 45.1 cm³/mol. The van der Waals surface area contributed by atoms with Crippen LogP contribution in [0.15, 0.2) is 0 Å². The monoisotopic (exact) mass is 157 g/mol. The molecule has 0 aliphatic heterocycles. The van der Waals surface area contributed by atoms with Crippen LogP contribution in [0, 0.1) is 0 Å². The van der Waals surface area contributed by atoms with Gasteiger partial charge in [-0.3, -0.25) is 0 Å². The van der Waals surface area contributed by atoms with E-state index in [1.165, 1.54) is 0 Å². The minimum absolute atomic E-state index is 0.545. The number of hydrogen-bond acceptors (Lipinski definition) is 1. The highest BCUT2D eigenvalue weighted by Crippen LogP contribution is 2.19. The largest absolute Gasteiger partial charge is 0.331 e. The van der Waals surface area contributed by atoms with Crippen molar-refractivity contribution in [1.82, 2.24) is 4.57 Å². The highest BCUT2D eigenvalue weighted by atomic mass is 28.3. The van der Waals surface area contributed by atoms with Gasteiger partial charge in [0.25, 0.3) is 0 Å². The van der Waals surface area contributed by atoms with Crippen molar-refractivity contribution in [3.63, 3.8) is 0 Å². The van der Waals surface area contributed by atoms with E-state index in [1.54, 1.807) is 0 Å². The second-order valence-corrected chi connectivity index (χ2v) is 7.50. The first-order valence-electron chi connectivity index (χ1n) is 3.12. The SMILES string of the molecule is C[Si]C(C)(C)[Si]N(C)C. The average molecular weight is 157 g/mol. The van der Waals surface area contributed by atoms with Crippen molar-refractivity contribution in [3.8, 4) is 0 Å². The van der Waals surface area contributed by atoms with E-state index in [0.717, 1.165) is 19.2 Å². The molecule has 0 spiro atoms. The van der Waals surface area contributed by atoms with Crippen molar-refractivity contribution in [2.24, 2.45) is 0 Å². The Labute approximate surface area is 63.6 Å². The van der Waals surface area contributed by atoms with Crippen molar-refractivity contribution < 1.29 is 0 Å². The number of nitrogens with zero attached hydrogens (tertiary/aromatic N) is 1. The maximum Gasteiger partial charge on any atom is 0.144 e. The van der Waals surface area contributed by atoms with E-state index in [0.29, 0.717) is 4.66 Å². The van der Waals surface area contributed by atoms with Crippen molar-refractivity contribution in [2.45, 2.75) is 25.1 Å². The zero-order valence-electron chi connectivity index (χ0n) is 6.95. The molecule has 0 unspecified atom stereocenters. The average Bonchev–Trinajstić information content (AvgIpc) is 1.63. The summed E-state index contributed by atoms with van der Waals surface area (Å²) in [5.74, 6) is 0. The lowest BCUT2D eigenvalue weighted by atomic mass is 10.5. The molecular weight excluding hydrogens is 142 g/mol. The number of hydrogen-bond donors (Lipinski definition) is 0. The van der Waals surface area contributed by atoms with Gasteiger partial charge in [0.2, 0.25) is 0 Å². The Morgan fingerprint density at radius 3 is 1.78 bits per heavy atom. The van der Waals surface area contributed by atoms with Crippen LogP contribution in [-0.4, -0.2) is 37.9 Å². The first-order valence-corrected chi connectivity index (χ1v) is 5.57. The quantitative estimate of drug-likeness (QED) is 0.554. The van der Waals surface area contributed by atoms with Crippen LogP contribution >= 0.6 is 0 Å². The van der Waals surface area contributed by atoms with E-state index in [4.69, 9.17) is 0 Å². The Kier molecular flexibility index (Phi) is 3.69. The molecule has 0 aromatic rings. The highest BCUT2D eigenvalue weighted by molar-refractivity contribution is 6.59. The summed E-state index contributed by atoms with van der Waals surface area (Å²) in [5.41, 5.74) is 0. The Morgan fingerprint density at radius 1 is 1.22 bits per heavy atom. The van der Waals surface area contributed by atoms with Gasteiger partial charge in [0.15, 0.2) is 0 Å². The topological polar surface area (TPSA) is 3.24 Å². The number of rotatable bonds is 3. The lowest BCUT2D eigenvalue weighted by Crippen LogP contribution is -2.30. The zero-order chi connectivity index (χ0) is 7.49. The van der Waals surface area contributed by atoms with Crippen LogP contribution in [0.3, 0.4) is 0 Å². The molecule has 0 aromatic carbocycles. The van der Waals surface area contributed by atoms with Crippen molar-refractivity contribution >= 4 is 19.2 Å². The van der Waals surface area contributed by atoms with Gasteiger partial charge in [-0.05, 0) is 18.8 Å². The van der Waals surface area contributed by atoms with Crippen LogP contribution in [0.1, 0.15) is 13.8 Å². The second kappa shape index (κ2) is 3.53. The first-order chi connectivity index (χ1) is 3.98. The van der Waals surface area contributed by atoms with Crippen LogP contribution in [-0.2, 0) is 0 Å². The smallest absolute Gasteiger partial charge is 0.144 e. The molecule has 0 N–H and O–H groups in total. The van der Waals surface area contributed by atoms with Crippen LogP contribution in [0.25, 0.3) is 0 Å². The van der Waals surface area contributed by atoms with Gasteiger partial charge in [-0.1, -0.05) is 20.4 Å². The van der Waals surface area contributed by atoms with Crippen molar-refractivity contribution in [2.75, 3.05) is 14.1 Å². The molecule has 0 bridgehead atoms. The maximum absolute atomic E-state index is 2.32. The van der Waals surface area contributed by atoms with Gasteiger partial charge in [0, 0.05) is 9.52 Å². The van der Waals surface area contributed by atoms with Crippen molar-refractivity contribution in [1.29, 1.82) is 0 Å². The molecule has 0 saturated carbocycles. The Morgan fingerprint density at radius 2 is 1.67 bits per heavy atom. The molecule has 9 heavy (non-hydrogen) atoms. The standard InChI is InChI=1S/C6H15NSi2/c1-6(2,8-5)9-7(3)4/h1-5H3. The lowest BCUT2D eigenvalue weighted by molar-refractivity contribution is 0.635. The molecular formula is C6H15NSi2. The molecule has 0 atom stereocenters. The minimum Gasteiger partial charge on any atom is -0.331 e. The summed E-state index contributed by atoms with van der Waals surface area (Å²) in [6.07, 6.45) is 0. The molecule has 0 aromatic heterocycles. The maximum atomic E-state index is 2.32. The van der Waals surface area contributed by atoms with E-state index in [-0.39, 0.29) is 0 Å². The molecule has 0 aliphatic rings. The van der Waals surface area contributed by atoms with Gasteiger partial charge < -0.3 is 4.57 Å². The summed E-state index contributed by atoms with van der Waals surface area (Å²) < 4.78 is 2.82. The molecule has 0 amide bonds. The summed E-state index contributed by atoms with van der Waals surface area (Å²) >= 11 is 0. The molecule has 52 valence electrons. The zero-order valence-corrected chi connectivity index (χ0v) is 8.95. The van der Waals surface area contributed by atoms with Crippen LogP contribution in [0.2, 0.25) is 11.2 Å². The fourth-order valence-electron chi connectivity index (χ4n) is 0.615. The summed E-state index contributed by atoms with van der Waals surface area (Å²) in [6, 6.07) is 0. The van der Waals surface area contributed by atoms with E-state index in [2.05, 4.69) is 39.1 Å². The first kappa shape index (κ1) is 9.39. The summed E-state index contributed by atoms with van der Waals surface area (Å²) in [7, 11) is 6.29. The van der Waals surface area contributed by atoms with Gasteiger partial charge in [-0.25, -0.2) is 0 Å². The third-order valence-electron chi connectivity index (χ3n) is 1.13. The molecule has 0 heterocycles. The lowest BCUT2D eigenvalue weighted by Gasteiger charge is -2.23. The molecule has 4 radical (unpaired) electrons. The summed E-state index contributed by atoms with van der Waals surface area (Å²) in [4.78, 5) is 0. The molecule has 0 fully saturated rings.